The van der Waals surface area contributed by atoms with Gasteiger partial charge in [0, 0.05) is 23.9 Å². The van der Waals surface area contributed by atoms with Gasteiger partial charge in [-0.3, -0.25) is 4.79 Å². The number of ether oxygens (including phenoxy) is 1. The molecule has 0 aliphatic rings. The maximum atomic E-state index is 13.0. The van der Waals surface area contributed by atoms with Crippen molar-refractivity contribution >= 4 is 5.78 Å². The van der Waals surface area contributed by atoms with Gasteiger partial charge in [0.15, 0.2) is 5.78 Å². The highest BCUT2D eigenvalue weighted by Gasteiger charge is 2.13. The quantitative estimate of drug-likeness (QED) is 0.424. The zero-order valence-electron chi connectivity index (χ0n) is 17.6. The predicted molar refractivity (Wildman–Crippen MR) is 120 cm³/mol. The molecule has 156 valence electrons. The SMILES string of the molecule is Cc1cn(-c2cc(CO)cc(CC(=O)c3ccc(C)c(Oc4ccccc4)c3)c2)cn1. The number of rotatable bonds is 7. The third-order valence-corrected chi connectivity index (χ3v) is 5.08. The molecular weight excluding hydrogens is 388 g/mol. The number of hydrogen-bond donors (Lipinski definition) is 1. The number of carbonyl (C=O) groups excluding carboxylic acids is 1. The fraction of sp³-hybridized carbons (Fsp3) is 0.154. The molecule has 0 aliphatic carbocycles. The van der Waals surface area contributed by atoms with E-state index < -0.39 is 0 Å². The van der Waals surface area contributed by atoms with Gasteiger partial charge in [-0.1, -0.05) is 36.4 Å². The van der Waals surface area contributed by atoms with Crippen LogP contribution in [0.2, 0.25) is 0 Å². The van der Waals surface area contributed by atoms with Crippen LogP contribution in [0.1, 0.15) is 32.7 Å². The summed E-state index contributed by atoms with van der Waals surface area (Å²) in [5.41, 5.74) is 4.91. The van der Waals surface area contributed by atoms with Gasteiger partial charge in [0.1, 0.15) is 11.5 Å². The lowest BCUT2D eigenvalue weighted by molar-refractivity contribution is 0.0992. The summed E-state index contributed by atoms with van der Waals surface area (Å²) in [6, 6.07) is 20.7. The average molecular weight is 412 g/mol. The molecule has 0 bridgehead atoms. The summed E-state index contributed by atoms with van der Waals surface area (Å²) in [7, 11) is 0. The topological polar surface area (TPSA) is 64.4 Å². The van der Waals surface area contributed by atoms with Crippen LogP contribution in [0.25, 0.3) is 5.69 Å². The van der Waals surface area contributed by atoms with E-state index >= 15 is 0 Å². The van der Waals surface area contributed by atoms with Crippen molar-refractivity contribution in [2.45, 2.75) is 26.9 Å². The highest BCUT2D eigenvalue weighted by Crippen LogP contribution is 2.27. The van der Waals surface area contributed by atoms with Gasteiger partial charge < -0.3 is 14.4 Å². The second kappa shape index (κ2) is 8.98. The van der Waals surface area contributed by atoms with Crippen LogP contribution in [-0.4, -0.2) is 20.4 Å². The van der Waals surface area contributed by atoms with Crippen LogP contribution in [0.4, 0.5) is 0 Å². The second-order valence-corrected chi connectivity index (χ2v) is 7.58. The molecule has 3 aromatic carbocycles. The van der Waals surface area contributed by atoms with E-state index in [9.17, 15) is 9.90 Å². The minimum absolute atomic E-state index is 0.0132. The summed E-state index contributed by atoms with van der Waals surface area (Å²) >= 11 is 0. The third-order valence-electron chi connectivity index (χ3n) is 5.08. The van der Waals surface area contributed by atoms with Crippen molar-refractivity contribution in [2.24, 2.45) is 0 Å². The van der Waals surface area contributed by atoms with E-state index in [0.29, 0.717) is 11.3 Å². The molecule has 0 radical (unpaired) electrons. The molecule has 1 heterocycles. The van der Waals surface area contributed by atoms with Gasteiger partial charge in [-0.2, -0.15) is 0 Å². The second-order valence-electron chi connectivity index (χ2n) is 7.58. The van der Waals surface area contributed by atoms with Crippen molar-refractivity contribution in [2.75, 3.05) is 0 Å². The van der Waals surface area contributed by atoms with Crippen molar-refractivity contribution in [3.63, 3.8) is 0 Å². The Balaban J connectivity index is 1.59. The first kappa shape index (κ1) is 20.6. The zero-order valence-corrected chi connectivity index (χ0v) is 17.6. The molecule has 0 aliphatic heterocycles. The Morgan fingerprint density at radius 2 is 1.77 bits per heavy atom. The number of hydrogen-bond acceptors (Lipinski definition) is 4. The van der Waals surface area contributed by atoms with Gasteiger partial charge in [0.25, 0.3) is 0 Å². The van der Waals surface area contributed by atoms with Crippen molar-refractivity contribution in [1.29, 1.82) is 0 Å². The number of nitrogens with zero attached hydrogens (tertiary/aromatic N) is 2. The van der Waals surface area contributed by atoms with E-state index in [0.717, 1.165) is 33.8 Å². The Bertz CT molecular complexity index is 1210. The lowest BCUT2D eigenvalue weighted by atomic mass is 9.99. The Morgan fingerprint density at radius 1 is 1.00 bits per heavy atom. The van der Waals surface area contributed by atoms with Crippen LogP contribution >= 0.6 is 0 Å². The molecule has 5 heteroatoms. The van der Waals surface area contributed by atoms with Gasteiger partial charge in [0.05, 0.1) is 18.6 Å². The molecule has 0 atom stereocenters. The van der Waals surface area contributed by atoms with Crippen LogP contribution < -0.4 is 4.74 Å². The number of imidazole rings is 1. The molecule has 1 aromatic heterocycles. The summed E-state index contributed by atoms with van der Waals surface area (Å²) in [6.45, 7) is 3.78. The largest absolute Gasteiger partial charge is 0.457 e. The molecule has 0 amide bonds. The number of para-hydroxylation sites is 1. The molecule has 31 heavy (non-hydrogen) atoms. The summed E-state index contributed by atoms with van der Waals surface area (Å²) in [5, 5.41) is 9.67. The number of aliphatic hydroxyl groups excluding tert-OH is 1. The summed E-state index contributed by atoms with van der Waals surface area (Å²) in [5.74, 6) is 1.38. The van der Waals surface area contributed by atoms with Gasteiger partial charge in [-0.25, -0.2) is 4.98 Å². The molecule has 4 rings (SSSR count). The minimum Gasteiger partial charge on any atom is -0.457 e. The molecule has 0 saturated carbocycles. The molecule has 0 saturated heterocycles. The Hall–Kier alpha value is -3.70. The molecule has 1 N–H and O–H groups in total. The minimum atomic E-state index is -0.0949. The smallest absolute Gasteiger partial charge is 0.167 e. The highest BCUT2D eigenvalue weighted by atomic mass is 16.5. The molecule has 0 unspecified atom stereocenters. The number of benzene rings is 3. The molecule has 0 fully saturated rings. The fourth-order valence-corrected chi connectivity index (χ4v) is 3.43. The summed E-state index contributed by atoms with van der Waals surface area (Å²) in [6.07, 6.45) is 3.86. The first-order chi connectivity index (χ1) is 15.0. The van der Waals surface area contributed by atoms with Crippen LogP contribution in [0.5, 0.6) is 11.5 Å². The van der Waals surface area contributed by atoms with Gasteiger partial charge in [-0.05, 0) is 60.9 Å². The van der Waals surface area contributed by atoms with Crippen LogP contribution in [0.3, 0.4) is 0 Å². The lowest BCUT2D eigenvalue weighted by Gasteiger charge is -2.12. The monoisotopic (exact) mass is 412 g/mol. The van der Waals surface area contributed by atoms with Gasteiger partial charge in [-0.15, -0.1) is 0 Å². The van der Waals surface area contributed by atoms with Gasteiger partial charge in [0.2, 0.25) is 0 Å². The maximum Gasteiger partial charge on any atom is 0.167 e. The number of Topliss-reactive ketones (excluding diaryl/α,β-unsaturated/α-hetero) is 1. The lowest BCUT2D eigenvalue weighted by Crippen LogP contribution is -2.06. The molecule has 5 nitrogen and oxygen atoms in total. The zero-order chi connectivity index (χ0) is 21.8. The number of ketones is 1. The highest BCUT2D eigenvalue weighted by molar-refractivity contribution is 5.98. The Kier molecular flexibility index (Phi) is 5.96. The normalized spacial score (nSPS) is 10.8. The van der Waals surface area contributed by atoms with E-state index in [4.69, 9.17) is 4.74 Å². The maximum absolute atomic E-state index is 13.0. The number of aliphatic hydroxyl groups is 1. The summed E-state index contributed by atoms with van der Waals surface area (Å²) in [4.78, 5) is 17.3. The number of aryl methyl sites for hydroxylation is 2. The third kappa shape index (κ3) is 4.90. The molecule has 0 spiro atoms. The van der Waals surface area contributed by atoms with Crippen molar-refractivity contribution in [3.05, 3.63) is 107 Å². The van der Waals surface area contributed by atoms with Crippen molar-refractivity contribution in [3.8, 4) is 17.2 Å². The molecule has 4 aromatic rings. The Labute approximate surface area is 181 Å². The van der Waals surface area contributed by atoms with E-state index in [1.54, 1.807) is 12.4 Å². The molecular formula is C26H24N2O3. The summed E-state index contributed by atoms with van der Waals surface area (Å²) < 4.78 is 7.86. The van der Waals surface area contributed by atoms with Gasteiger partial charge >= 0.3 is 0 Å². The van der Waals surface area contributed by atoms with E-state index in [-0.39, 0.29) is 18.8 Å². The van der Waals surface area contributed by atoms with E-state index in [1.807, 2.05) is 85.3 Å². The van der Waals surface area contributed by atoms with Crippen molar-refractivity contribution in [1.82, 2.24) is 9.55 Å². The van der Waals surface area contributed by atoms with Crippen molar-refractivity contribution < 1.29 is 14.6 Å². The predicted octanol–water partition coefficient (Wildman–Crippen LogP) is 5.20. The van der Waals surface area contributed by atoms with Crippen LogP contribution in [0, 0.1) is 13.8 Å². The Morgan fingerprint density at radius 3 is 2.48 bits per heavy atom. The number of carbonyl (C=O) groups is 1. The van der Waals surface area contributed by atoms with Crippen LogP contribution in [0.15, 0.2) is 79.3 Å². The number of aromatic nitrogens is 2. The first-order valence-electron chi connectivity index (χ1n) is 10.1. The average Bonchev–Trinajstić information content (AvgIpc) is 3.22. The van der Waals surface area contributed by atoms with E-state index in [2.05, 4.69) is 4.98 Å². The fourth-order valence-electron chi connectivity index (χ4n) is 3.43. The standard InChI is InChI=1S/C26H24N2O3/c1-18-8-9-22(14-26(18)31-24-6-4-3-5-7-24)25(30)13-20-10-21(16-29)12-23(11-20)28-15-19(2)27-17-28/h3-12,14-15,17,29H,13,16H2,1-2H3. The van der Waals surface area contributed by atoms with Crippen LogP contribution in [-0.2, 0) is 13.0 Å². The van der Waals surface area contributed by atoms with E-state index in [1.165, 1.54) is 0 Å². The first-order valence-corrected chi connectivity index (χ1v) is 10.1.